The van der Waals surface area contributed by atoms with Crippen molar-refractivity contribution in [2.45, 2.75) is 6.04 Å². The highest BCUT2D eigenvalue weighted by molar-refractivity contribution is 9.10. The Morgan fingerprint density at radius 1 is 0.578 bits per heavy atom. The van der Waals surface area contributed by atoms with Gasteiger partial charge in [-0.1, -0.05) is 131 Å². The van der Waals surface area contributed by atoms with Crippen LogP contribution in [0.5, 0.6) is 0 Å². The molecule has 0 saturated carbocycles. The molecule has 45 heavy (non-hydrogen) atoms. The van der Waals surface area contributed by atoms with Gasteiger partial charge in [-0.3, -0.25) is 4.98 Å². The average molecular weight is 644 g/mol. The van der Waals surface area contributed by atoms with Gasteiger partial charge in [-0.2, -0.15) is 0 Å². The number of aromatic nitrogens is 3. The first kappa shape index (κ1) is 27.2. The maximum absolute atomic E-state index is 5.09. The third kappa shape index (κ3) is 5.43. The van der Waals surface area contributed by atoms with Crippen LogP contribution < -0.4 is 5.32 Å². The van der Waals surface area contributed by atoms with Crippen molar-refractivity contribution in [3.63, 3.8) is 0 Å². The summed E-state index contributed by atoms with van der Waals surface area (Å²) >= 11 is 3.80. The Balaban J connectivity index is 1.20. The molecule has 0 amide bonds. The molecule has 5 heteroatoms. The van der Waals surface area contributed by atoms with Crippen LogP contribution in [-0.2, 0) is 0 Å². The third-order valence-electron chi connectivity index (χ3n) is 8.20. The van der Waals surface area contributed by atoms with E-state index < -0.39 is 0 Å². The summed E-state index contributed by atoms with van der Waals surface area (Å²) in [5.41, 5.74) is 11.4. The standard InChI is InChI=1S/C40H27BrN4/c41-34-23-32(35-20-19-30-18-17-29-12-7-21-42-38(29)39(30)43-35)22-33(24-34)37-25-36(44-40(45-37)31-10-5-2-6-11-31)28-15-13-27(14-16-28)26-8-3-1-4-9-26/h1-25,35,43H. The minimum atomic E-state index is -0.0261. The number of halogens is 1. The molecule has 0 aliphatic carbocycles. The normalized spacial score (nSPS) is 13.8. The highest BCUT2D eigenvalue weighted by Crippen LogP contribution is 2.37. The first-order chi connectivity index (χ1) is 22.2. The summed E-state index contributed by atoms with van der Waals surface area (Å²) in [6, 6.07) is 46.1. The van der Waals surface area contributed by atoms with Gasteiger partial charge in [-0.15, -0.1) is 0 Å². The fourth-order valence-corrected chi connectivity index (χ4v) is 6.42. The topological polar surface area (TPSA) is 50.7 Å². The van der Waals surface area contributed by atoms with E-state index in [1.54, 1.807) is 0 Å². The van der Waals surface area contributed by atoms with Gasteiger partial charge in [0.2, 0.25) is 0 Å². The van der Waals surface area contributed by atoms with E-state index in [1.807, 2.05) is 36.5 Å². The van der Waals surface area contributed by atoms with Crippen molar-refractivity contribution in [2.24, 2.45) is 0 Å². The quantitative estimate of drug-likeness (QED) is 0.203. The third-order valence-corrected chi connectivity index (χ3v) is 8.65. The Morgan fingerprint density at radius 2 is 1.27 bits per heavy atom. The smallest absolute Gasteiger partial charge is 0.160 e. The second-order valence-corrected chi connectivity index (χ2v) is 12.0. The average Bonchev–Trinajstić information content (AvgIpc) is 3.11. The zero-order valence-corrected chi connectivity index (χ0v) is 25.8. The van der Waals surface area contributed by atoms with Crippen LogP contribution in [0.4, 0.5) is 5.69 Å². The summed E-state index contributed by atoms with van der Waals surface area (Å²) in [5, 5.41) is 4.87. The lowest BCUT2D eigenvalue weighted by Gasteiger charge is -2.24. The summed E-state index contributed by atoms with van der Waals surface area (Å²) in [4.78, 5) is 14.8. The highest BCUT2D eigenvalue weighted by atomic mass is 79.9. The molecule has 4 nitrogen and oxygen atoms in total. The van der Waals surface area contributed by atoms with Crippen molar-refractivity contribution < 1.29 is 0 Å². The Bertz CT molecular complexity index is 2190. The molecule has 8 rings (SSSR count). The van der Waals surface area contributed by atoms with Crippen LogP contribution >= 0.6 is 15.9 Å². The predicted octanol–water partition coefficient (Wildman–Crippen LogP) is 10.6. The molecule has 1 unspecified atom stereocenters. The number of fused-ring (bicyclic) bond motifs is 3. The van der Waals surface area contributed by atoms with Gasteiger partial charge in [-0.05, 0) is 52.6 Å². The maximum atomic E-state index is 5.09. The van der Waals surface area contributed by atoms with Gasteiger partial charge in [0.25, 0.3) is 0 Å². The van der Waals surface area contributed by atoms with Gasteiger partial charge in [0, 0.05) is 32.7 Å². The van der Waals surface area contributed by atoms with Crippen molar-refractivity contribution >= 4 is 38.6 Å². The van der Waals surface area contributed by atoms with Crippen LogP contribution in [0.3, 0.4) is 0 Å². The predicted molar refractivity (Wildman–Crippen MR) is 189 cm³/mol. The second kappa shape index (κ2) is 11.6. The Kier molecular flexibility index (Phi) is 7.01. The first-order valence-corrected chi connectivity index (χ1v) is 15.7. The highest BCUT2D eigenvalue weighted by Gasteiger charge is 2.19. The van der Waals surface area contributed by atoms with E-state index in [0.29, 0.717) is 5.82 Å². The molecule has 0 bridgehead atoms. The molecule has 1 N–H and O–H groups in total. The Labute approximate surface area is 270 Å². The van der Waals surface area contributed by atoms with E-state index >= 15 is 0 Å². The summed E-state index contributed by atoms with van der Waals surface area (Å²) in [5.74, 6) is 0.693. The number of rotatable bonds is 5. The van der Waals surface area contributed by atoms with E-state index in [-0.39, 0.29) is 6.04 Å². The summed E-state index contributed by atoms with van der Waals surface area (Å²) in [7, 11) is 0. The minimum absolute atomic E-state index is 0.0261. The number of anilines is 1. The largest absolute Gasteiger partial charge is 0.372 e. The van der Waals surface area contributed by atoms with E-state index in [9.17, 15) is 0 Å². The molecule has 214 valence electrons. The molecule has 0 fully saturated rings. The number of hydrogen-bond donors (Lipinski definition) is 1. The maximum Gasteiger partial charge on any atom is 0.160 e. The molecule has 1 aliphatic heterocycles. The first-order valence-electron chi connectivity index (χ1n) is 14.9. The molecule has 1 aliphatic rings. The monoisotopic (exact) mass is 642 g/mol. The van der Waals surface area contributed by atoms with Crippen LogP contribution in [0.15, 0.2) is 150 Å². The zero-order chi connectivity index (χ0) is 30.2. The van der Waals surface area contributed by atoms with E-state index in [4.69, 9.17) is 9.97 Å². The van der Waals surface area contributed by atoms with Crippen LogP contribution in [0.25, 0.3) is 62.0 Å². The van der Waals surface area contributed by atoms with Gasteiger partial charge in [0.05, 0.1) is 28.6 Å². The number of benzene rings is 5. The molecule has 3 heterocycles. The lowest BCUT2D eigenvalue weighted by molar-refractivity contribution is 0.979. The van der Waals surface area contributed by atoms with Crippen molar-refractivity contribution in [3.8, 4) is 45.0 Å². The Hall–Kier alpha value is -5.39. The van der Waals surface area contributed by atoms with Gasteiger partial charge in [-0.25, -0.2) is 9.97 Å². The Morgan fingerprint density at radius 3 is 2.04 bits per heavy atom. The van der Waals surface area contributed by atoms with Gasteiger partial charge in [0.15, 0.2) is 5.82 Å². The molecular formula is C40H27BrN4. The molecule has 0 radical (unpaired) electrons. The molecule has 7 aromatic rings. The van der Waals surface area contributed by atoms with Gasteiger partial charge < -0.3 is 5.32 Å². The molecule has 5 aromatic carbocycles. The van der Waals surface area contributed by atoms with Crippen molar-refractivity contribution in [2.75, 3.05) is 5.32 Å². The van der Waals surface area contributed by atoms with Crippen molar-refractivity contribution in [1.29, 1.82) is 0 Å². The SMILES string of the molecule is Brc1cc(-c2cc(-c3ccc(-c4ccccc4)cc3)nc(-c3ccccc3)n2)cc(C2C=Cc3ccc4cccnc4c3N2)c1. The van der Waals surface area contributed by atoms with Crippen molar-refractivity contribution in [1.82, 2.24) is 15.0 Å². The molecular weight excluding hydrogens is 616 g/mol. The van der Waals surface area contributed by atoms with Crippen LogP contribution in [0.1, 0.15) is 17.2 Å². The van der Waals surface area contributed by atoms with Gasteiger partial charge >= 0.3 is 0 Å². The van der Waals surface area contributed by atoms with Crippen LogP contribution in [-0.4, -0.2) is 15.0 Å². The van der Waals surface area contributed by atoms with Crippen LogP contribution in [0.2, 0.25) is 0 Å². The molecule has 0 saturated heterocycles. The fourth-order valence-electron chi connectivity index (χ4n) is 5.91. The lowest BCUT2D eigenvalue weighted by Crippen LogP contribution is -2.13. The summed E-state index contributed by atoms with van der Waals surface area (Å²) < 4.78 is 0.987. The number of nitrogens with zero attached hydrogens (tertiary/aromatic N) is 3. The molecule has 2 aromatic heterocycles. The summed E-state index contributed by atoms with van der Waals surface area (Å²) in [6.07, 6.45) is 6.24. The summed E-state index contributed by atoms with van der Waals surface area (Å²) in [6.45, 7) is 0. The number of hydrogen-bond acceptors (Lipinski definition) is 4. The zero-order valence-electron chi connectivity index (χ0n) is 24.2. The molecule has 1 atom stereocenters. The second-order valence-electron chi connectivity index (χ2n) is 11.1. The fraction of sp³-hybridized carbons (Fsp3) is 0.0250. The van der Waals surface area contributed by atoms with E-state index in [0.717, 1.165) is 60.3 Å². The van der Waals surface area contributed by atoms with E-state index in [1.165, 1.54) is 11.1 Å². The van der Waals surface area contributed by atoms with Crippen molar-refractivity contribution in [3.05, 3.63) is 161 Å². The number of pyridine rings is 1. The lowest BCUT2D eigenvalue weighted by atomic mass is 9.96. The van der Waals surface area contributed by atoms with Crippen LogP contribution in [0, 0.1) is 0 Å². The van der Waals surface area contributed by atoms with Gasteiger partial charge in [0.1, 0.15) is 0 Å². The van der Waals surface area contributed by atoms with E-state index in [2.05, 4.69) is 142 Å². The molecule has 0 spiro atoms. The number of nitrogens with one attached hydrogen (secondary N) is 1. The minimum Gasteiger partial charge on any atom is -0.372 e.